The number of benzene rings is 1. The van der Waals surface area contributed by atoms with E-state index in [2.05, 4.69) is 10.6 Å². The average Bonchev–Trinajstić information content (AvgIpc) is 2.68. The molecular weight excluding hydrogens is 438 g/mol. The summed E-state index contributed by atoms with van der Waals surface area (Å²) in [7, 11) is 0. The maximum absolute atomic E-state index is 13.6. The Balaban J connectivity index is 3.40. The molecule has 0 aliphatic heterocycles. The topological polar surface area (TPSA) is 128 Å². The van der Waals surface area contributed by atoms with Crippen molar-refractivity contribution < 1.29 is 29.3 Å². The number of ether oxygens (including phenoxy) is 1. The van der Waals surface area contributed by atoms with E-state index < -0.39 is 47.7 Å². The number of nitrogens with one attached hydrogen (secondary N) is 2. The molecular formula is C25H41N3O6. The van der Waals surface area contributed by atoms with Gasteiger partial charge in [-0.15, -0.1) is 0 Å². The van der Waals surface area contributed by atoms with E-state index in [4.69, 9.17) is 4.74 Å². The molecule has 0 saturated carbocycles. The first-order valence-electron chi connectivity index (χ1n) is 11.7. The fourth-order valence-corrected chi connectivity index (χ4v) is 3.34. The molecule has 9 nitrogen and oxygen atoms in total. The van der Waals surface area contributed by atoms with E-state index >= 15 is 0 Å². The highest BCUT2D eigenvalue weighted by atomic mass is 16.6. The molecule has 0 heterocycles. The highest BCUT2D eigenvalue weighted by molar-refractivity contribution is 5.92. The van der Waals surface area contributed by atoms with Crippen molar-refractivity contribution in [3.8, 4) is 5.75 Å². The SMILES string of the molecule is CCCCCN(C(=O)C(CO)NC(=O)OC(C)(C)C)C(C(=O)NC(C)(C)C)c1cccc(O)c1. The molecule has 1 aromatic rings. The van der Waals surface area contributed by atoms with Crippen molar-refractivity contribution in [2.45, 2.75) is 91.0 Å². The van der Waals surface area contributed by atoms with E-state index in [9.17, 15) is 24.6 Å². The smallest absolute Gasteiger partial charge is 0.408 e. The second kappa shape index (κ2) is 12.6. The minimum absolute atomic E-state index is 0.0439. The molecule has 2 atom stereocenters. The van der Waals surface area contributed by atoms with Crippen LogP contribution in [0.25, 0.3) is 0 Å². The molecule has 9 heteroatoms. The molecule has 0 fully saturated rings. The summed E-state index contributed by atoms with van der Waals surface area (Å²) in [5, 5.41) is 25.3. The van der Waals surface area contributed by atoms with Crippen molar-refractivity contribution in [3.63, 3.8) is 0 Å². The molecule has 0 spiro atoms. The lowest BCUT2D eigenvalue weighted by Gasteiger charge is -2.35. The van der Waals surface area contributed by atoms with Crippen LogP contribution in [0, 0.1) is 0 Å². The van der Waals surface area contributed by atoms with Crippen LogP contribution >= 0.6 is 0 Å². The molecule has 0 bridgehead atoms. The van der Waals surface area contributed by atoms with Gasteiger partial charge in [0, 0.05) is 12.1 Å². The van der Waals surface area contributed by atoms with E-state index in [-0.39, 0.29) is 12.3 Å². The summed E-state index contributed by atoms with van der Waals surface area (Å²) >= 11 is 0. The third kappa shape index (κ3) is 9.99. The third-order valence-corrected chi connectivity index (χ3v) is 4.70. The number of carbonyl (C=O) groups is 3. The molecule has 0 aromatic heterocycles. The Morgan fingerprint density at radius 2 is 1.74 bits per heavy atom. The number of hydrogen-bond donors (Lipinski definition) is 4. The summed E-state index contributed by atoms with van der Waals surface area (Å²) in [5.41, 5.74) is -0.944. The highest BCUT2D eigenvalue weighted by Gasteiger charge is 2.37. The van der Waals surface area contributed by atoms with Crippen LogP contribution in [0.5, 0.6) is 5.75 Å². The van der Waals surface area contributed by atoms with Crippen LogP contribution < -0.4 is 10.6 Å². The lowest BCUT2D eigenvalue weighted by atomic mass is 10.00. The van der Waals surface area contributed by atoms with Crippen LogP contribution in [0.15, 0.2) is 24.3 Å². The Morgan fingerprint density at radius 3 is 2.24 bits per heavy atom. The summed E-state index contributed by atoms with van der Waals surface area (Å²) in [4.78, 5) is 40.6. The number of phenolic OH excluding ortho intramolecular Hbond substituents is 1. The number of hydrogen-bond acceptors (Lipinski definition) is 6. The van der Waals surface area contributed by atoms with Crippen molar-refractivity contribution >= 4 is 17.9 Å². The fraction of sp³-hybridized carbons (Fsp3) is 0.640. The van der Waals surface area contributed by atoms with Gasteiger partial charge in [0.15, 0.2) is 0 Å². The van der Waals surface area contributed by atoms with Crippen LogP contribution in [-0.4, -0.2) is 63.4 Å². The predicted octanol–water partition coefficient (Wildman–Crippen LogP) is 3.25. The summed E-state index contributed by atoms with van der Waals surface area (Å²) in [6, 6.07) is 3.78. The number of carbonyl (C=O) groups excluding carboxylic acids is 3. The first kappa shape index (κ1) is 29.2. The first-order chi connectivity index (χ1) is 15.7. The summed E-state index contributed by atoms with van der Waals surface area (Å²) in [5.74, 6) is -1.10. The van der Waals surface area contributed by atoms with Gasteiger partial charge in [-0.05, 0) is 65.7 Å². The van der Waals surface area contributed by atoms with Crippen molar-refractivity contribution in [2.75, 3.05) is 13.2 Å². The maximum Gasteiger partial charge on any atom is 0.408 e. The zero-order valence-electron chi connectivity index (χ0n) is 21.5. The molecule has 192 valence electrons. The van der Waals surface area contributed by atoms with Gasteiger partial charge in [-0.3, -0.25) is 9.59 Å². The number of alkyl carbamates (subject to hydrolysis) is 1. The summed E-state index contributed by atoms with van der Waals surface area (Å²) < 4.78 is 5.23. The van der Waals surface area contributed by atoms with Gasteiger partial charge >= 0.3 is 6.09 Å². The van der Waals surface area contributed by atoms with E-state index in [0.717, 1.165) is 12.8 Å². The Hall–Kier alpha value is -2.81. The van der Waals surface area contributed by atoms with E-state index in [1.807, 2.05) is 27.7 Å². The minimum Gasteiger partial charge on any atom is -0.508 e. The van der Waals surface area contributed by atoms with Gasteiger partial charge in [-0.1, -0.05) is 31.9 Å². The minimum atomic E-state index is -1.31. The summed E-state index contributed by atoms with van der Waals surface area (Å²) in [6.07, 6.45) is 1.49. The Labute approximate surface area is 202 Å². The Morgan fingerprint density at radius 1 is 1.09 bits per heavy atom. The molecule has 3 amide bonds. The Kier molecular flexibility index (Phi) is 10.8. The standard InChI is InChI=1S/C25H41N3O6/c1-8-9-10-14-28(22(32)19(16-29)26-23(33)34-25(5,6)7)20(21(31)27-24(2,3)4)17-12-11-13-18(30)15-17/h11-13,15,19-20,29-30H,8-10,14,16H2,1-7H3,(H,26,33)(H,27,31). The van der Waals surface area contributed by atoms with Crippen LogP contribution in [0.3, 0.4) is 0 Å². The van der Waals surface area contributed by atoms with Crippen LogP contribution in [-0.2, 0) is 14.3 Å². The van der Waals surface area contributed by atoms with Gasteiger partial charge in [0.2, 0.25) is 11.8 Å². The van der Waals surface area contributed by atoms with E-state index in [0.29, 0.717) is 12.0 Å². The number of amides is 3. The predicted molar refractivity (Wildman–Crippen MR) is 130 cm³/mol. The number of rotatable bonds is 10. The normalized spacial score (nSPS) is 13.5. The van der Waals surface area contributed by atoms with Gasteiger partial charge in [-0.25, -0.2) is 4.79 Å². The van der Waals surface area contributed by atoms with Crippen LogP contribution in [0.4, 0.5) is 4.79 Å². The lowest BCUT2D eigenvalue weighted by molar-refractivity contribution is -0.144. The first-order valence-corrected chi connectivity index (χ1v) is 11.7. The number of unbranched alkanes of at least 4 members (excludes halogenated alkanes) is 2. The van der Waals surface area contributed by atoms with Crippen LogP contribution in [0.1, 0.15) is 79.3 Å². The molecule has 4 N–H and O–H groups in total. The zero-order chi connectivity index (χ0) is 26.1. The van der Waals surface area contributed by atoms with E-state index in [1.54, 1.807) is 32.9 Å². The molecule has 1 aromatic carbocycles. The van der Waals surface area contributed by atoms with Gasteiger partial charge in [-0.2, -0.15) is 0 Å². The molecule has 2 unspecified atom stereocenters. The quantitative estimate of drug-likeness (QED) is 0.381. The molecule has 0 saturated heterocycles. The van der Waals surface area contributed by atoms with Crippen molar-refractivity contribution in [1.29, 1.82) is 0 Å². The van der Waals surface area contributed by atoms with Crippen molar-refractivity contribution in [3.05, 3.63) is 29.8 Å². The largest absolute Gasteiger partial charge is 0.508 e. The lowest BCUT2D eigenvalue weighted by Crippen LogP contribution is -2.55. The monoisotopic (exact) mass is 479 g/mol. The zero-order valence-corrected chi connectivity index (χ0v) is 21.5. The van der Waals surface area contributed by atoms with Gasteiger partial charge in [0.25, 0.3) is 0 Å². The molecule has 34 heavy (non-hydrogen) atoms. The fourth-order valence-electron chi connectivity index (χ4n) is 3.34. The maximum atomic E-state index is 13.6. The van der Waals surface area contributed by atoms with Crippen LogP contribution in [0.2, 0.25) is 0 Å². The molecule has 0 aliphatic carbocycles. The number of nitrogens with zero attached hydrogens (tertiary/aromatic N) is 1. The number of aliphatic hydroxyl groups is 1. The number of aliphatic hydroxyl groups excluding tert-OH is 1. The number of phenols is 1. The Bertz CT molecular complexity index is 829. The van der Waals surface area contributed by atoms with Gasteiger partial charge in [0.1, 0.15) is 23.4 Å². The van der Waals surface area contributed by atoms with Crippen molar-refractivity contribution in [1.82, 2.24) is 15.5 Å². The van der Waals surface area contributed by atoms with Gasteiger partial charge < -0.3 is 30.5 Å². The molecule has 1 rings (SSSR count). The second-order valence-electron chi connectivity index (χ2n) is 10.4. The van der Waals surface area contributed by atoms with E-state index in [1.165, 1.54) is 17.0 Å². The average molecular weight is 480 g/mol. The number of aromatic hydroxyl groups is 1. The van der Waals surface area contributed by atoms with Gasteiger partial charge in [0.05, 0.1) is 6.61 Å². The molecule has 0 aliphatic rings. The molecule has 0 radical (unpaired) electrons. The summed E-state index contributed by atoms with van der Waals surface area (Å²) in [6.45, 7) is 12.1. The highest BCUT2D eigenvalue weighted by Crippen LogP contribution is 2.27. The second-order valence-corrected chi connectivity index (χ2v) is 10.4. The van der Waals surface area contributed by atoms with Crippen molar-refractivity contribution in [2.24, 2.45) is 0 Å². The third-order valence-electron chi connectivity index (χ3n) is 4.70.